The van der Waals surface area contributed by atoms with Gasteiger partial charge in [-0.25, -0.2) is 0 Å². The van der Waals surface area contributed by atoms with E-state index in [4.69, 9.17) is 4.74 Å². The second-order valence-corrected chi connectivity index (χ2v) is 8.44. The van der Waals surface area contributed by atoms with Crippen LogP contribution in [-0.4, -0.2) is 60.3 Å². The fourth-order valence-electron chi connectivity index (χ4n) is 4.35. The summed E-state index contributed by atoms with van der Waals surface area (Å²) in [6.45, 7) is 16.4. The van der Waals surface area contributed by atoms with E-state index in [2.05, 4.69) is 44.4 Å². The molecule has 1 atom stereocenters. The molecule has 0 bridgehead atoms. The minimum Gasteiger partial charge on any atom is -0.376 e. The molecule has 3 nitrogen and oxygen atoms in total. The molecular weight excluding hydrogens is 284 g/mol. The Morgan fingerprint density at radius 2 is 1.70 bits per heavy atom. The standard InChI is InChI=1S/C20H40N2O/c1-16(2)22-14-13-21(18(5)15-22)12-6-7-19-8-10-20(11-9-19)23-17(3)4/h16-20H,6-15H2,1-5H3/t18-,19-,20-/m0/s1. The minimum absolute atomic E-state index is 0.391. The van der Waals surface area contributed by atoms with Crippen LogP contribution in [0.4, 0.5) is 0 Å². The topological polar surface area (TPSA) is 15.7 Å². The summed E-state index contributed by atoms with van der Waals surface area (Å²) in [5.41, 5.74) is 0. The molecule has 136 valence electrons. The third kappa shape index (κ3) is 6.36. The average molecular weight is 325 g/mol. The first-order chi connectivity index (χ1) is 11.0. The van der Waals surface area contributed by atoms with Crippen molar-refractivity contribution in [2.24, 2.45) is 5.92 Å². The molecule has 0 aromatic heterocycles. The van der Waals surface area contributed by atoms with E-state index in [0.717, 1.165) is 12.0 Å². The van der Waals surface area contributed by atoms with Crippen LogP contribution < -0.4 is 0 Å². The largest absolute Gasteiger partial charge is 0.376 e. The average Bonchev–Trinajstić information content (AvgIpc) is 2.50. The zero-order valence-corrected chi connectivity index (χ0v) is 16.3. The summed E-state index contributed by atoms with van der Waals surface area (Å²) >= 11 is 0. The SMILES string of the molecule is CC(C)O[C@H]1CC[C@H](CCCN2CCN(C(C)C)C[C@@H]2C)CC1. The fourth-order valence-corrected chi connectivity index (χ4v) is 4.35. The molecule has 1 heterocycles. The highest BCUT2D eigenvalue weighted by molar-refractivity contribution is 4.81. The number of rotatable bonds is 7. The summed E-state index contributed by atoms with van der Waals surface area (Å²) in [7, 11) is 0. The number of hydrogen-bond acceptors (Lipinski definition) is 3. The van der Waals surface area contributed by atoms with Crippen LogP contribution in [0.1, 0.15) is 73.1 Å². The van der Waals surface area contributed by atoms with Crippen LogP contribution in [0.25, 0.3) is 0 Å². The van der Waals surface area contributed by atoms with E-state index in [0.29, 0.717) is 18.2 Å². The predicted molar refractivity (Wildman–Crippen MR) is 98.9 cm³/mol. The monoisotopic (exact) mass is 324 g/mol. The molecular formula is C20H40N2O. The van der Waals surface area contributed by atoms with Crippen molar-refractivity contribution in [1.29, 1.82) is 0 Å². The van der Waals surface area contributed by atoms with Gasteiger partial charge in [-0.1, -0.05) is 0 Å². The first-order valence-corrected chi connectivity index (χ1v) is 10.1. The normalized spacial score (nSPS) is 31.2. The highest BCUT2D eigenvalue weighted by Gasteiger charge is 2.26. The number of nitrogens with zero attached hydrogens (tertiary/aromatic N) is 2. The van der Waals surface area contributed by atoms with Crippen molar-refractivity contribution in [2.75, 3.05) is 26.2 Å². The minimum atomic E-state index is 0.391. The Morgan fingerprint density at radius 1 is 1.00 bits per heavy atom. The maximum Gasteiger partial charge on any atom is 0.0578 e. The van der Waals surface area contributed by atoms with E-state index < -0.39 is 0 Å². The predicted octanol–water partition coefficient (Wildman–Crippen LogP) is 4.16. The molecule has 23 heavy (non-hydrogen) atoms. The van der Waals surface area contributed by atoms with E-state index in [1.807, 2.05) is 0 Å². The van der Waals surface area contributed by atoms with Crippen molar-refractivity contribution in [3.05, 3.63) is 0 Å². The second kappa shape index (κ2) is 9.39. The lowest BCUT2D eigenvalue weighted by Crippen LogP contribution is -2.53. The number of hydrogen-bond donors (Lipinski definition) is 0. The molecule has 1 aliphatic heterocycles. The van der Waals surface area contributed by atoms with Gasteiger partial charge in [0.1, 0.15) is 0 Å². The third-order valence-electron chi connectivity index (χ3n) is 5.84. The van der Waals surface area contributed by atoms with Crippen LogP contribution in [-0.2, 0) is 4.74 Å². The van der Waals surface area contributed by atoms with E-state index in [9.17, 15) is 0 Å². The molecule has 2 rings (SSSR count). The highest BCUT2D eigenvalue weighted by Crippen LogP contribution is 2.30. The number of ether oxygens (including phenoxy) is 1. The maximum absolute atomic E-state index is 5.97. The van der Waals surface area contributed by atoms with Gasteiger partial charge in [0.25, 0.3) is 0 Å². The van der Waals surface area contributed by atoms with Gasteiger partial charge in [-0.15, -0.1) is 0 Å². The Bertz CT molecular complexity index is 324. The van der Waals surface area contributed by atoms with Crippen LogP contribution >= 0.6 is 0 Å². The molecule has 1 saturated carbocycles. The van der Waals surface area contributed by atoms with E-state index >= 15 is 0 Å². The van der Waals surface area contributed by atoms with Crippen LogP contribution in [0.3, 0.4) is 0 Å². The van der Waals surface area contributed by atoms with Gasteiger partial charge in [-0.2, -0.15) is 0 Å². The Morgan fingerprint density at radius 3 is 2.26 bits per heavy atom. The van der Waals surface area contributed by atoms with Gasteiger partial charge >= 0.3 is 0 Å². The Hall–Kier alpha value is -0.120. The van der Waals surface area contributed by atoms with Crippen LogP contribution in [0.2, 0.25) is 0 Å². The Kier molecular flexibility index (Phi) is 7.84. The molecule has 1 saturated heterocycles. The van der Waals surface area contributed by atoms with Crippen molar-refractivity contribution < 1.29 is 4.74 Å². The third-order valence-corrected chi connectivity index (χ3v) is 5.84. The zero-order valence-electron chi connectivity index (χ0n) is 16.3. The molecule has 3 heteroatoms. The highest BCUT2D eigenvalue weighted by atomic mass is 16.5. The van der Waals surface area contributed by atoms with Crippen molar-refractivity contribution in [2.45, 2.75) is 97.4 Å². The van der Waals surface area contributed by atoms with Gasteiger partial charge < -0.3 is 4.74 Å². The summed E-state index contributed by atoms with van der Waals surface area (Å²) in [6, 6.07) is 1.42. The van der Waals surface area contributed by atoms with E-state index in [1.165, 1.54) is 64.7 Å². The lowest BCUT2D eigenvalue weighted by Gasteiger charge is -2.42. The molecule has 0 radical (unpaired) electrons. The van der Waals surface area contributed by atoms with Gasteiger partial charge in [-0.05, 0) is 85.6 Å². The molecule has 0 N–H and O–H groups in total. The van der Waals surface area contributed by atoms with Crippen molar-refractivity contribution in [3.63, 3.8) is 0 Å². The summed E-state index contributed by atoms with van der Waals surface area (Å²) < 4.78 is 5.97. The second-order valence-electron chi connectivity index (χ2n) is 8.44. The molecule has 1 aliphatic carbocycles. The molecule has 0 aromatic carbocycles. The molecule has 0 aromatic rings. The van der Waals surface area contributed by atoms with Crippen LogP contribution in [0.5, 0.6) is 0 Å². The molecule has 0 unspecified atom stereocenters. The van der Waals surface area contributed by atoms with E-state index in [-0.39, 0.29) is 0 Å². The summed E-state index contributed by atoms with van der Waals surface area (Å²) in [5, 5.41) is 0. The van der Waals surface area contributed by atoms with Crippen LogP contribution in [0, 0.1) is 5.92 Å². The first-order valence-electron chi connectivity index (χ1n) is 10.1. The zero-order chi connectivity index (χ0) is 16.8. The van der Waals surface area contributed by atoms with E-state index in [1.54, 1.807) is 0 Å². The summed E-state index contributed by atoms with van der Waals surface area (Å²) in [6.07, 6.45) is 9.07. The van der Waals surface area contributed by atoms with Gasteiger partial charge in [0.15, 0.2) is 0 Å². The molecule has 0 spiro atoms. The van der Waals surface area contributed by atoms with Gasteiger partial charge in [0.2, 0.25) is 0 Å². The van der Waals surface area contributed by atoms with Crippen molar-refractivity contribution >= 4 is 0 Å². The lowest BCUT2D eigenvalue weighted by molar-refractivity contribution is -0.0206. The number of piperazine rings is 1. The Labute approximate surface area is 144 Å². The lowest BCUT2D eigenvalue weighted by atomic mass is 9.84. The maximum atomic E-state index is 5.97. The molecule has 2 aliphatic rings. The summed E-state index contributed by atoms with van der Waals surface area (Å²) in [4.78, 5) is 5.34. The van der Waals surface area contributed by atoms with Crippen molar-refractivity contribution in [3.8, 4) is 0 Å². The molecule has 2 fully saturated rings. The quantitative estimate of drug-likeness (QED) is 0.699. The molecule has 0 amide bonds. The summed E-state index contributed by atoms with van der Waals surface area (Å²) in [5.74, 6) is 0.953. The first kappa shape index (κ1) is 19.2. The van der Waals surface area contributed by atoms with Gasteiger partial charge in [0, 0.05) is 31.7 Å². The van der Waals surface area contributed by atoms with Gasteiger partial charge in [-0.3, -0.25) is 9.80 Å². The van der Waals surface area contributed by atoms with Gasteiger partial charge in [0.05, 0.1) is 12.2 Å². The van der Waals surface area contributed by atoms with Crippen LogP contribution in [0.15, 0.2) is 0 Å². The Balaban J connectivity index is 1.59. The van der Waals surface area contributed by atoms with Crippen molar-refractivity contribution in [1.82, 2.24) is 9.80 Å². The smallest absolute Gasteiger partial charge is 0.0578 e. The fraction of sp³-hybridized carbons (Fsp3) is 1.00.